The summed E-state index contributed by atoms with van der Waals surface area (Å²) in [5.41, 5.74) is -0.458. The molecule has 0 bridgehead atoms. The number of nitrogens with one attached hydrogen (secondary N) is 1. The number of sulfonamides is 1. The number of aromatic amines is 1. The molecule has 2 rings (SSSR count). The molecule has 0 saturated carbocycles. The second kappa shape index (κ2) is 5.46. The molecule has 1 aliphatic rings. The van der Waals surface area contributed by atoms with E-state index in [1.165, 1.54) is 22.8 Å². The second-order valence-corrected chi connectivity index (χ2v) is 7.45. The van der Waals surface area contributed by atoms with Crippen LogP contribution in [0, 0.1) is 0 Å². The molecule has 0 spiro atoms. The molecule has 1 fully saturated rings. The molecule has 0 aromatic carbocycles. The Balaban J connectivity index is 2.32. The maximum Gasteiger partial charge on any atom is 0.248 e. The van der Waals surface area contributed by atoms with Crippen LogP contribution >= 0.6 is 11.8 Å². The highest BCUT2D eigenvalue weighted by Crippen LogP contribution is 2.24. The lowest BCUT2D eigenvalue weighted by molar-refractivity contribution is 0.415. The average molecular weight is 288 g/mol. The average Bonchev–Trinajstić information content (AvgIpc) is 2.39. The topological polar surface area (TPSA) is 70.2 Å². The van der Waals surface area contributed by atoms with E-state index in [0.29, 0.717) is 18.3 Å². The van der Waals surface area contributed by atoms with Gasteiger partial charge in [0.1, 0.15) is 4.90 Å². The predicted molar refractivity (Wildman–Crippen MR) is 72.4 cm³/mol. The van der Waals surface area contributed by atoms with Crippen LogP contribution in [0.25, 0.3) is 0 Å². The summed E-state index contributed by atoms with van der Waals surface area (Å²) in [6, 6.07) is 1.24. The van der Waals surface area contributed by atoms with E-state index in [0.717, 1.165) is 12.2 Å². The summed E-state index contributed by atoms with van der Waals surface area (Å²) in [7, 11) is -3.66. The zero-order valence-corrected chi connectivity index (χ0v) is 11.8. The summed E-state index contributed by atoms with van der Waals surface area (Å²) >= 11 is 1.79. The van der Waals surface area contributed by atoms with Gasteiger partial charge in [0.15, 0.2) is 0 Å². The van der Waals surface area contributed by atoms with Gasteiger partial charge in [0.2, 0.25) is 15.5 Å². The summed E-state index contributed by atoms with van der Waals surface area (Å²) < 4.78 is 26.2. The molecule has 1 N–H and O–H groups in total. The molecule has 5 nitrogen and oxygen atoms in total. The van der Waals surface area contributed by atoms with Crippen molar-refractivity contribution in [3.8, 4) is 0 Å². The fourth-order valence-corrected chi connectivity index (χ4v) is 4.81. The van der Waals surface area contributed by atoms with Gasteiger partial charge >= 0.3 is 0 Å². The summed E-state index contributed by atoms with van der Waals surface area (Å²) in [5, 5.41) is 0.316. The third-order valence-corrected chi connectivity index (χ3v) is 6.22. The molecular weight excluding hydrogens is 272 g/mol. The van der Waals surface area contributed by atoms with E-state index in [1.54, 1.807) is 11.8 Å². The summed E-state index contributed by atoms with van der Waals surface area (Å²) in [6.07, 6.45) is 3.63. The first-order chi connectivity index (χ1) is 8.55. The van der Waals surface area contributed by atoms with Crippen LogP contribution in [-0.2, 0) is 10.0 Å². The molecule has 1 unspecified atom stereocenters. The highest BCUT2D eigenvalue weighted by molar-refractivity contribution is 8.00. The van der Waals surface area contributed by atoms with Crippen molar-refractivity contribution in [2.24, 2.45) is 0 Å². The van der Waals surface area contributed by atoms with Gasteiger partial charge in [-0.05, 0) is 6.42 Å². The van der Waals surface area contributed by atoms with E-state index in [4.69, 9.17) is 0 Å². The van der Waals surface area contributed by atoms with Crippen LogP contribution in [0.2, 0.25) is 0 Å². The van der Waals surface area contributed by atoms with Gasteiger partial charge in [-0.3, -0.25) is 4.79 Å². The molecule has 0 radical (unpaired) electrons. The first-order valence-electron chi connectivity index (χ1n) is 5.84. The van der Waals surface area contributed by atoms with Crippen LogP contribution in [-0.4, -0.2) is 41.8 Å². The lowest BCUT2D eigenvalue weighted by Gasteiger charge is -2.30. The Bertz CT molecular complexity index is 568. The minimum Gasteiger partial charge on any atom is -0.366 e. The smallest absolute Gasteiger partial charge is 0.248 e. The quantitative estimate of drug-likeness (QED) is 0.897. The highest BCUT2D eigenvalue weighted by atomic mass is 32.2. The van der Waals surface area contributed by atoms with E-state index < -0.39 is 15.5 Å². The Kier molecular flexibility index (Phi) is 4.14. The van der Waals surface area contributed by atoms with Crippen molar-refractivity contribution in [2.75, 3.05) is 18.8 Å². The van der Waals surface area contributed by atoms with Crippen molar-refractivity contribution < 1.29 is 8.42 Å². The molecule has 1 aromatic heterocycles. The van der Waals surface area contributed by atoms with Gasteiger partial charge in [0, 0.05) is 42.6 Å². The van der Waals surface area contributed by atoms with E-state index in [2.05, 4.69) is 4.98 Å². The van der Waals surface area contributed by atoms with Gasteiger partial charge in [0.25, 0.3) is 0 Å². The van der Waals surface area contributed by atoms with Gasteiger partial charge in [-0.1, -0.05) is 6.92 Å². The Morgan fingerprint density at radius 2 is 2.33 bits per heavy atom. The second-order valence-electron chi connectivity index (χ2n) is 4.14. The van der Waals surface area contributed by atoms with Crippen molar-refractivity contribution in [3.05, 3.63) is 28.7 Å². The predicted octanol–water partition coefficient (Wildman–Crippen LogP) is 0.891. The Labute approximate surface area is 111 Å². The molecule has 100 valence electrons. The number of thioether (sulfide) groups is 1. The third-order valence-electron chi connectivity index (χ3n) is 2.96. The Morgan fingerprint density at radius 3 is 3.00 bits per heavy atom. The Morgan fingerprint density at radius 1 is 1.56 bits per heavy atom. The number of hydrogen-bond acceptors (Lipinski definition) is 4. The monoisotopic (exact) mass is 288 g/mol. The van der Waals surface area contributed by atoms with Gasteiger partial charge in [-0.2, -0.15) is 16.1 Å². The van der Waals surface area contributed by atoms with Gasteiger partial charge in [-0.25, -0.2) is 8.42 Å². The van der Waals surface area contributed by atoms with Crippen LogP contribution in [0.15, 0.2) is 28.2 Å². The number of aromatic nitrogens is 1. The SMILES string of the molecule is CCC1CN(S(=O)(=O)c2c[nH]ccc2=O)CCS1. The van der Waals surface area contributed by atoms with Crippen molar-refractivity contribution in [2.45, 2.75) is 23.5 Å². The summed E-state index contributed by atoms with van der Waals surface area (Å²) in [4.78, 5) is 14.1. The fraction of sp³-hybridized carbons (Fsp3) is 0.545. The maximum absolute atomic E-state index is 12.4. The lowest BCUT2D eigenvalue weighted by atomic mass is 10.3. The van der Waals surface area contributed by atoms with E-state index in [1.807, 2.05) is 6.92 Å². The molecule has 1 atom stereocenters. The lowest BCUT2D eigenvalue weighted by Crippen LogP contribution is -2.43. The maximum atomic E-state index is 12.4. The standard InChI is InChI=1S/C11H16N2O3S2/c1-2-9-8-13(5-6-17-9)18(15,16)11-7-12-4-3-10(11)14/h3-4,7,9H,2,5-6,8H2,1H3,(H,12,14). The van der Waals surface area contributed by atoms with Crippen LogP contribution in [0.4, 0.5) is 0 Å². The molecule has 18 heavy (non-hydrogen) atoms. The highest BCUT2D eigenvalue weighted by Gasteiger charge is 2.31. The molecule has 7 heteroatoms. The largest absolute Gasteiger partial charge is 0.366 e. The van der Waals surface area contributed by atoms with E-state index >= 15 is 0 Å². The molecule has 1 saturated heterocycles. The van der Waals surface area contributed by atoms with Crippen molar-refractivity contribution in [3.63, 3.8) is 0 Å². The molecule has 2 heterocycles. The van der Waals surface area contributed by atoms with Gasteiger partial charge in [0.05, 0.1) is 0 Å². The molecule has 1 aromatic rings. The summed E-state index contributed by atoms with van der Waals surface area (Å²) in [6.45, 7) is 3.00. The van der Waals surface area contributed by atoms with Crippen LogP contribution < -0.4 is 5.43 Å². The zero-order chi connectivity index (χ0) is 13.2. The molecule has 0 aliphatic carbocycles. The van der Waals surface area contributed by atoms with E-state index in [9.17, 15) is 13.2 Å². The van der Waals surface area contributed by atoms with Gasteiger partial charge < -0.3 is 4.98 Å². The normalized spacial score (nSPS) is 21.9. The van der Waals surface area contributed by atoms with E-state index in [-0.39, 0.29) is 4.90 Å². The Hall–Kier alpha value is -0.790. The third kappa shape index (κ3) is 2.62. The molecule has 1 aliphatic heterocycles. The van der Waals surface area contributed by atoms with Crippen LogP contribution in [0.5, 0.6) is 0 Å². The van der Waals surface area contributed by atoms with Crippen LogP contribution in [0.3, 0.4) is 0 Å². The van der Waals surface area contributed by atoms with Crippen LogP contribution in [0.1, 0.15) is 13.3 Å². The number of hydrogen-bond donors (Lipinski definition) is 1. The van der Waals surface area contributed by atoms with Crippen molar-refractivity contribution in [1.82, 2.24) is 9.29 Å². The number of rotatable bonds is 3. The van der Waals surface area contributed by atoms with Gasteiger partial charge in [-0.15, -0.1) is 0 Å². The van der Waals surface area contributed by atoms with Crippen molar-refractivity contribution >= 4 is 21.8 Å². The number of H-pyrrole nitrogens is 1. The zero-order valence-electron chi connectivity index (χ0n) is 10.1. The first-order valence-corrected chi connectivity index (χ1v) is 8.33. The summed E-state index contributed by atoms with van der Waals surface area (Å²) in [5.74, 6) is 0.780. The fourth-order valence-electron chi connectivity index (χ4n) is 1.90. The minimum atomic E-state index is -3.66. The first kappa shape index (κ1) is 13.6. The number of nitrogens with zero attached hydrogens (tertiary/aromatic N) is 1. The molecule has 0 amide bonds. The van der Waals surface area contributed by atoms with Crippen molar-refractivity contribution in [1.29, 1.82) is 0 Å². The minimum absolute atomic E-state index is 0.160. The number of pyridine rings is 1. The molecular formula is C11H16N2O3S2.